The SMILES string of the molecule is Fc1ccc(C(CCl)Cc2ccc(Cl)cc2F)cc1. The molecule has 2 aromatic carbocycles. The fourth-order valence-electron chi connectivity index (χ4n) is 1.95. The van der Waals surface area contributed by atoms with Crippen LogP contribution in [-0.2, 0) is 6.42 Å². The second-order valence-corrected chi connectivity index (χ2v) is 5.09. The predicted molar refractivity (Wildman–Crippen MR) is 75.0 cm³/mol. The third-order valence-corrected chi connectivity index (χ3v) is 3.62. The van der Waals surface area contributed by atoms with Gasteiger partial charge in [-0.3, -0.25) is 0 Å². The average Bonchev–Trinajstić information content (AvgIpc) is 2.39. The summed E-state index contributed by atoms with van der Waals surface area (Å²) in [6.45, 7) is 0. The number of alkyl halides is 1. The van der Waals surface area contributed by atoms with E-state index in [4.69, 9.17) is 23.2 Å². The second kappa shape index (κ2) is 6.36. The summed E-state index contributed by atoms with van der Waals surface area (Å²) < 4.78 is 26.6. The van der Waals surface area contributed by atoms with Crippen molar-refractivity contribution in [3.8, 4) is 0 Å². The lowest BCUT2D eigenvalue weighted by atomic mass is 9.93. The van der Waals surface area contributed by atoms with Gasteiger partial charge in [0.2, 0.25) is 0 Å². The highest BCUT2D eigenvalue weighted by Crippen LogP contribution is 2.25. The summed E-state index contributed by atoms with van der Waals surface area (Å²) in [6, 6.07) is 10.7. The molecule has 2 aromatic rings. The molecule has 0 spiro atoms. The highest BCUT2D eigenvalue weighted by atomic mass is 35.5. The van der Waals surface area contributed by atoms with Crippen molar-refractivity contribution < 1.29 is 8.78 Å². The minimum atomic E-state index is -0.343. The topological polar surface area (TPSA) is 0 Å². The molecule has 100 valence electrons. The zero-order valence-electron chi connectivity index (χ0n) is 10.0. The molecule has 0 aliphatic carbocycles. The number of hydrogen-bond acceptors (Lipinski definition) is 0. The Labute approximate surface area is 121 Å². The van der Waals surface area contributed by atoms with Crippen molar-refractivity contribution >= 4 is 23.2 Å². The van der Waals surface area contributed by atoms with E-state index in [-0.39, 0.29) is 17.6 Å². The summed E-state index contributed by atoms with van der Waals surface area (Å²) >= 11 is 11.6. The summed E-state index contributed by atoms with van der Waals surface area (Å²) in [5.74, 6) is -0.356. The number of halogens is 4. The first kappa shape index (κ1) is 14.3. The molecule has 0 bridgehead atoms. The zero-order chi connectivity index (χ0) is 13.8. The smallest absolute Gasteiger partial charge is 0.127 e. The van der Waals surface area contributed by atoms with Gasteiger partial charge in [-0.15, -0.1) is 11.6 Å². The van der Waals surface area contributed by atoms with Gasteiger partial charge in [-0.1, -0.05) is 29.8 Å². The molecule has 1 atom stereocenters. The number of rotatable bonds is 4. The van der Waals surface area contributed by atoms with Crippen LogP contribution in [0.5, 0.6) is 0 Å². The van der Waals surface area contributed by atoms with Crippen LogP contribution < -0.4 is 0 Å². The molecule has 4 heteroatoms. The molecule has 19 heavy (non-hydrogen) atoms. The van der Waals surface area contributed by atoms with Crippen molar-refractivity contribution in [3.63, 3.8) is 0 Å². The van der Waals surface area contributed by atoms with Gasteiger partial charge in [0.15, 0.2) is 0 Å². The molecular formula is C15H12Cl2F2. The van der Waals surface area contributed by atoms with Crippen LogP contribution >= 0.6 is 23.2 Å². The summed E-state index contributed by atoms with van der Waals surface area (Å²) in [5.41, 5.74) is 1.45. The van der Waals surface area contributed by atoms with E-state index < -0.39 is 0 Å². The third kappa shape index (κ3) is 3.68. The molecule has 0 saturated heterocycles. The fraction of sp³-hybridized carbons (Fsp3) is 0.200. The summed E-state index contributed by atoms with van der Waals surface area (Å²) in [5, 5.41) is 0.366. The van der Waals surface area contributed by atoms with Gasteiger partial charge in [0.1, 0.15) is 11.6 Å². The Bertz CT molecular complexity index is 553. The van der Waals surface area contributed by atoms with E-state index >= 15 is 0 Å². The van der Waals surface area contributed by atoms with Gasteiger partial charge < -0.3 is 0 Å². The Kier molecular flexibility index (Phi) is 4.78. The summed E-state index contributed by atoms with van der Waals surface area (Å²) in [4.78, 5) is 0. The first-order chi connectivity index (χ1) is 9.10. The van der Waals surface area contributed by atoms with Crippen LogP contribution in [0.15, 0.2) is 42.5 Å². The van der Waals surface area contributed by atoms with Crippen LogP contribution in [0.2, 0.25) is 5.02 Å². The highest BCUT2D eigenvalue weighted by molar-refractivity contribution is 6.30. The van der Waals surface area contributed by atoms with Crippen molar-refractivity contribution in [2.45, 2.75) is 12.3 Å². The van der Waals surface area contributed by atoms with Gasteiger partial charge >= 0.3 is 0 Å². The number of hydrogen-bond donors (Lipinski definition) is 0. The monoisotopic (exact) mass is 300 g/mol. The first-order valence-corrected chi connectivity index (χ1v) is 6.76. The third-order valence-electron chi connectivity index (χ3n) is 3.01. The van der Waals surface area contributed by atoms with E-state index in [0.29, 0.717) is 22.9 Å². The largest absolute Gasteiger partial charge is 0.207 e. The maximum Gasteiger partial charge on any atom is 0.127 e. The standard InChI is InChI=1S/C15H12Cl2F2/c16-9-12(10-2-5-14(18)6-3-10)7-11-1-4-13(17)8-15(11)19/h1-6,8,12H,7,9H2. The van der Waals surface area contributed by atoms with Gasteiger partial charge in [-0.25, -0.2) is 8.78 Å². The Morgan fingerprint density at radius 2 is 1.68 bits per heavy atom. The van der Waals surface area contributed by atoms with E-state index in [1.807, 2.05) is 0 Å². The Morgan fingerprint density at radius 3 is 2.26 bits per heavy atom. The van der Waals surface area contributed by atoms with Crippen molar-refractivity contribution in [2.24, 2.45) is 0 Å². The average molecular weight is 301 g/mol. The zero-order valence-corrected chi connectivity index (χ0v) is 11.6. The van der Waals surface area contributed by atoms with Gasteiger partial charge in [0, 0.05) is 16.8 Å². The predicted octanol–water partition coefficient (Wildman–Crippen LogP) is 5.18. The van der Waals surface area contributed by atoms with Gasteiger partial charge in [-0.05, 0) is 41.8 Å². The van der Waals surface area contributed by atoms with Crippen LogP contribution in [0.1, 0.15) is 17.0 Å². The number of benzene rings is 2. The normalized spacial score (nSPS) is 12.4. The molecule has 0 saturated carbocycles. The molecule has 0 heterocycles. The van der Waals surface area contributed by atoms with E-state index in [1.54, 1.807) is 24.3 Å². The molecule has 0 aliphatic heterocycles. The lowest BCUT2D eigenvalue weighted by Crippen LogP contribution is -2.06. The molecule has 0 fully saturated rings. The Balaban J connectivity index is 2.21. The quantitative estimate of drug-likeness (QED) is 0.682. The van der Waals surface area contributed by atoms with Crippen LogP contribution in [0.4, 0.5) is 8.78 Å². The molecular weight excluding hydrogens is 289 g/mol. The lowest BCUT2D eigenvalue weighted by Gasteiger charge is -2.15. The maximum absolute atomic E-state index is 13.7. The van der Waals surface area contributed by atoms with Crippen LogP contribution in [0, 0.1) is 11.6 Å². The van der Waals surface area contributed by atoms with Crippen LogP contribution in [0.3, 0.4) is 0 Å². The molecule has 0 N–H and O–H groups in total. The van der Waals surface area contributed by atoms with E-state index in [9.17, 15) is 8.78 Å². The molecule has 0 amide bonds. The van der Waals surface area contributed by atoms with Crippen molar-refractivity contribution in [1.82, 2.24) is 0 Å². The maximum atomic E-state index is 13.7. The summed E-state index contributed by atoms with van der Waals surface area (Å²) in [7, 11) is 0. The Hall–Kier alpha value is -1.12. The van der Waals surface area contributed by atoms with Gasteiger partial charge in [-0.2, -0.15) is 0 Å². The second-order valence-electron chi connectivity index (χ2n) is 4.34. The first-order valence-electron chi connectivity index (χ1n) is 5.85. The molecule has 2 rings (SSSR count). The minimum absolute atomic E-state index is 0.0575. The van der Waals surface area contributed by atoms with E-state index in [0.717, 1.165) is 5.56 Å². The minimum Gasteiger partial charge on any atom is -0.207 e. The fourth-order valence-corrected chi connectivity index (χ4v) is 2.40. The molecule has 0 nitrogen and oxygen atoms in total. The molecule has 0 aliphatic rings. The van der Waals surface area contributed by atoms with Gasteiger partial charge in [0.05, 0.1) is 0 Å². The summed E-state index contributed by atoms with van der Waals surface area (Å²) in [6.07, 6.45) is 0.456. The van der Waals surface area contributed by atoms with E-state index in [1.165, 1.54) is 18.2 Å². The molecule has 0 aromatic heterocycles. The van der Waals surface area contributed by atoms with Crippen LogP contribution in [-0.4, -0.2) is 5.88 Å². The van der Waals surface area contributed by atoms with Crippen molar-refractivity contribution in [1.29, 1.82) is 0 Å². The molecule has 1 unspecified atom stereocenters. The highest BCUT2D eigenvalue weighted by Gasteiger charge is 2.14. The van der Waals surface area contributed by atoms with Crippen molar-refractivity contribution in [2.75, 3.05) is 5.88 Å². The molecule has 0 radical (unpaired) electrons. The Morgan fingerprint density at radius 1 is 1.00 bits per heavy atom. The van der Waals surface area contributed by atoms with Gasteiger partial charge in [0.25, 0.3) is 0 Å². The van der Waals surface area contributed by atoms with Crippen LogP contribution in [0.25, 0.3) is 0 Å². The van der Waals surface area contributed by atoms with E-state index in [2.05, 4.69) is 0 Å². The van der Waals surface area contributed by atoms with Crippen molar-refractivity contribution in [3.05, 3.63) is 70.2 Å². The lowest BCUT2D eigenvalue weighted by molar-refractivity contribution is 0.597.